The lowest BCUT2D eigenvalue weighted by Gasteiger charge is -2.12. The summed E-state index contributed by atoms with van der Waals surface area (Å²) in [6.07, 6.45) is 5.79. The average molecular weight is 399 g/mol. The molecule has 0 saturated heterocycles. The Morgan fingerprint density at radius 2 is 2.14 bits per heavy atom. The van der Waals surface area contributed by atoms with Crippen LogP contribution in [0.25, 0.3) is 0 Å². The van der Waals surface area contributed by atoms with Crippen LogP contribution < -0.4 is 10.1 Å². The summed E-state index contributed by atoms with van der Waals surface area (Å²) in [6, 6.07) is 7.66. The molecule has 0 bridgehead atoms. The molecular formula is C18H21N7O2S. The SMILES string of the molecule is CC(Sc1nnnn1C1CC1)C(=O)Nc1ccc(OCc2nccn2C)cc1. The molecule has 146 valence electrons. The van der Waals surface area contributed by atoms with Gasteiger partial charge in [-0.3, -0.25) is 4.79 Å². The standard InChI is InChI=1S/C18H21N7O2S/c1-12(28-18-21-22-23-25(18)14-5-6-14)17(26)20-13-3-7-15(8-4-13)27-11-16-19-9-10-24(16)2/h3-4,7-10,12,14H,5-6,11H2,1-2H3,(H,20,26). The van der Waals surface area contributed by atoms with E-state index in [0.717, 1.165) is 18.7 Å². The Bertz CT molecular complexity index is 949. The molecule has 1 aliphatic rings. The van der Waals surface area contributed by atoms with E-state index >= 15 is 0 Å². The van der Waals surface area contributed by atoms with Crippen molar-refractivity contribution in [1.29, 1.82) is 0 Å². The minimum Gasteiger partial charge on any atom is -0.486 e. The van der Waals surface area contributed by atoms with Crippen molar-refractivity contribution in [3.05, 3.63) is 42.5 Å². The Balaban J connectivity index is 1.30. The molecule has 1 saturated carbocycles. The molecule has 10 heteroatoms. The first-order valence-corrected chi connectivity index (χ1v) is 9.92. The van der Waals surface area contributed by atoms with Crippen LogP contribution >= 0.6 is 11.8 Å². The number of anilines is 1. The number of ether oxygens (including phenoxy) is 1. The van der Waals surface area contributed by atoms with Crippen molar-refractivity contribution >= 4 is 23.4 Å². The maximum absolute atomic E-state index is 12.5. The minimum atomic E-state index is -0.317. The van der Waals surface area contributed by atoms with Crippen molar-refractivity contribution in [3.63, 3.8) is 0 Å². The molecule has 0 spiro atoms. The van der Waals surface area contributed by atoms with Crippen LogP contribution in [0.3, 0.4) is 0 Å². The van der Waals surface area contributed by atoms with Crippen LogP contribution in [0.15, 0.2) is 41.8 Å². The molecule has 0 radical (unpaired) electrons. The number of rotatable bonds is 8. The van der Waals surface area contributed by atoms with E-state index < -0.39 is 0 Å². The van der Waals surface area contributed by atoms with Gasteiger partial charge in [-0.1, -0.05) is 11.8 Å². The van der Waals surface area contributed by atoms with Gasteiger partial charge in [0.15, 0.2) is 0 Å². The smallest absolute Gasteiger partial charge is 0.237 e. The molecule has 1 N–H and O–H groups in total. The first-order chi connectivity index (χ1) is 13.6. The number of imidazole rings is 1. The maximum atomic E-state index is 12.5. The number of amides is 1. The third kappa shape index (κ3) is 4.33. The molecule has 9 nitrogen and oxygen atoms in total. The van der Waals surface area contributed by atoms with Crippen molar-refractivity contribution in [1.82, 2.24) is 29.8 Å². The number of carbonyl (C=O) groups is 1. The number of carbonyl (C=O) groups excluding carboxylic acids is 1. The van der Waals surface area contributed by atoms with Crippen molar-refractivity contribution in [2.24, 2.45) is 7.05 Å². The molecule has 1 amide bonds. The summed E-state index contributed by atoms with van der Waals surface area (Å²) >= 11 is 1.36. The van der Waals surface area contributed by atoms with Crippen molar-refractivity contribution in [2.45, 2.75) is 42.8 Å². The number of aryl methyl sites for hydroxylation is 1. The van der Waals surface area contributed by atoms with E-state index in [1.54, 1.807) is 6.20 Å². The fourth-order valence-corrected chi connectivity index (χ4v) is 3.44. The third-order valence-corrected chi connectivity index (χ3v) is 5.46. The summed E-state index contributed by atoms with van der Waals surface area (Å²) in [6.45, 7) is 2.23. The van der Waals surface area contributed by atoms with Crippen LogP contribution in [0.2, 0.25) is 0 Å². The number of benzene rings is 1. The molecule has 2 heterocycles. The van der Waals surface area contributed by atoms with Crippen molar-refractivity contribution < 1.29 is 9.53 Å². The van der Waals surface area contributed by atoms with Gasteiger partial charge in [-0.25, -0.2) is 9.67 Å². The number of nitrogens with one attached hydrogen (secondary N) is 1. The van der Waals surface area contributed by atoms with E-state index in [-0.39, 0.29) is 11.2 Å². The van der Waals surface area contributed by atoms with Gasteiger partial charge < -0.3 is 14.6 Å². The molecule has 1 aliphatic carbocycles. The summed E-state index contributed by atoms with van der Waals surface area (Å²) in [5.74, 6) is 1.46. The lowest BCUT2D eigenvalue weighted by molar-refractivity contribution is -0.115. The normalized spacial score (nSPS) is 14.6. The molecule has 0 aliphatic heterocycles. The highest BCUT2D eigenvalue weighted by Crippen LogP contribution is 2.37. The molecule has 3 aromatic rings. The van der Waals surface area contributed by atoms with E-state index in [0.29, 0.717) is 29.2 Å². The number of aromatic nitrogens is 6. The van der Waals surface area contributed by atoms with Crippen LogP contribution in [0, 0.1) is 0 Å². The van der Waals surface area contributed by atoms with E-state index in [2.05, 4.69) is 25.8 Å². The summed E-state index contributed by atoms with van der Waals surface area (Å²) < 4.78 is 9.44. The molecule has 1 atom stereocenters. The van der Waals surface area contributed by atoms with Crippen LogP contribution in [-0.4, -0.2) is 40.9 Å². The van der Waals surface area contributed by atoms with Gasteiger partial charge in [0.25, 0.3) is 0 Å². The fraction of sp³-hybridized carbons (Fsp3) is 0.389. The predicted molar refractivity (Wildman–Crippen MR) is 104 cm³/mol. The topological polar surface area (TPSA) is 99.8 Å². The van der Waals surface area contributed by atoms with E-state index in [9.17, 15) is 4.79 Å². The Labute approximate surface area is 166 Å². The third-order valence-electron chi connectivity index (χ3n) is 4.42. The van der Waals surface area contributed by atoms with Gasteiger partial charge in [-0.2, -0.15) is 0 Å². The van der Waals surface area contributed by atoms with Gasteiger partial charge in [0.05, 0.1) is 11.3 Å². The largest absolute Gasteiger partial charge is 0.486 e. The van der Waals surface area contributed by atoms with Gasteiger partial charge >= 0.3 is 0 Å². The van der Waals surface area contributed by atoms with Gasteiger partial charge in [0, 0.05) is 25.1 Å². The Morgan fingerprint density at radius 1 is 1.36 bits per heavy atom. The van der Waals surface area contributed by atoms with E-state index in [1.807, 2.05) is 53.7 Å². The summed E-state index contributed by atoms with van der Waals surface area (Å²) in [7, 11) is 1.92. The number of thioether (sulfide) groups is 1. The first kappa shape index (κ1) is 18.5. The summed E-state index contributed by atoms with van der Waals surface area (Å²) in [4.78, 5) is 16.7. The molecule has 2 aromatic heterocycles. The zero-order valence-corrected chi connectivity index (χ0v) is 16.5. The molecule has 1 aromatic carbocycles. The number of tetrazole rings is 1. The highest BCUT2D eigenvalue weighted by Gasteiger charge is 2.29. The molecule has 1 fully saturated rings. The van der Waals surface area contributed by atoms with Gasteiger partial charge in [-0.05, 0) is 54.5 Å². The zero-order chi connectivity index (χ0) is 19.5. The first-order valence-electron chi connectivity index (χ1n) is 9.04. The lowest BCUT2D eigenvalue weighted by Crippen LogP contribution is -2.23. The predicted octanol–water partition coefficient (Wildman–Crippen LogP) is 2.44. The number of hydrogen-bond acceptors (Lipinski definition) is 7. The zero-order valence-electron chi connectivity index (χ0n) is 15.6. The highest BCUT2D eigenvalue weighted by molar-refractivity contribution is 8.00. The van der Waals surface area contributed by atoms with Crippen LogP contribution in [0.5, 0.6) is 5.75 Å². The molecule has 1 unspecified atom stereocenters. The quantitative estimate of drug-likeness (QED) is 0.581. The summed E-state index contributed by atoms with van der Waals surface area (Å²) in [5, 5.41) is 15.0. The van der Waals surface area contributed by atoms with Crippen LogP contribution in [0.1, 0.15) is 31.6 Å². The second kappa shape index (κ2) is 8.01. The van der Waals surface area contributed by atoms with Gasteiger partial charge in [-0.15, -0.1) is 5.10 Å². The van der Waals surface area contributed by atoms with Crippen molar-refractivity contribution in [3.8, 4) is 5.75 Å². The van der Waals surface area contributed by atoms with Gasteiger partial charge in [0.1, 0.15) is 18.2 Å². The average Bonchev–Trinajstić information content (AvgIpc) is 3.30. The lowest BCUT2D eigenvalue weighted by atomic mass is 10.3. The summed E-state index contributed by atoms with van der Waals surface area (Å²) in [5.41, 5.74) is 0.712. The number of hydrogen-bond donors (Lipinski definition) is 1. The van der Waals surface area contributed by atoms with Crippen LogP contribution in [-0.2, 0) is 18.4 Å². The second-order valence-corrected chi connectivity index (χ2v) is 7.96. The highest BCUT2D eigenvalue weighted by atomic mass is 32.2. The monoisotopic (exact) mass is 399 g/mol. The van der Waals surface area contributed by atoms with Crippen LogP contribution in [0.4, 0.5) is 5.69 Å². The Morgan fingerprint density at radius 3 is 2.82 bits per heavy atom. The molecule has 4 rings (SSSR count). The number of nitrogens with zero attached hydrogens (tertiary/aromatic N) is 6. The van der Waals surface area contributed by atoms with E-state index in [4.69, 9.17) is 4.74 Å². The Kier molecular flexibility index (Phi) is 5.29. The minimum absolute atomic E-state index is 0.1000. The van der Waals surface area contributed by atoms with E-state index in [1.165, 1.54) is 11.8 Å². The maximum Gasteiger partial charge on any atom is 0.237 e. The second-order valence-electron chi connectivity index (χ2n) is 6.65. The fourth-order valence-electron chi connectivity index (χ4n) is 2.58. The van der Waals surface area contributed by atoms with Gasteiger partial charge in [0.2, 0.25) is 11.1 Å². The van der Waals surface area contributed by atoms with Crippen molar-refractivity contribution in [2.75, 3.05) is 5.32 Å². The Hall–Kier alpha value is -2.88. The molecule has 28 heavy (non-hydrogen) atoms. The molecular weight excluding hydrogens is 378 g/mol.